The van der Waals surface area contributed by atoms with Crippen molar-refractivity contribution in [3.05, 3.63) is 68.5 Å². The van der Waals surface area contributed by atoms with E-state index in [4.69, 9.17) is 0 Å². The molecule has 1 heterocycles. The van der Waals surface area contributed by atoms with Crippen molar-refractivity contribution in [2.24, 2.45) is 14.1 Å². The van der Waals surface area contributed by atoms with Gasteiger partial charge in [0.15, 0.2) is 0 Å². The molecule has 2 aromatic rings. The molecule has 1 aromatic carbocycles. The van der Waals surface area contributed by atoms with Gasteiger partial charge >= 0.3 is 5.69 Å². The van der Waals surface area contributed by atoms with E-state index in [2.05, 4.69) is 0 Å². The predicted molar refractivity (Wildman–Crippen MR) is 72.3 cm³/mol. The largest absolute Gasteiger partial charge is 0.330 e. The van der Waals surface area contributed by atoms with Crippen molar-refractivity contribution in [2.45, 2.75) is 0 Å². The lowest BCUT2D eigenvalue weighted by molar-refractivity contribution is 0.683. The van der Waals surface area contributed by atoms with Crippen LogP contribution in [0.25, 0.3) is 12.2 Å². The first-order chi connectivity index (χ1) is 8.59. The summed E-state index contributed by atoms with van der Waals surface area (Å²) in [6.45, 7) is 0. The fraction of sp³-hybridized carbons (Fsp3) is 0.143. The topological polar surface area (TPSA) is 44.0 Å². The third-order valence-corrected chi connectivity index (χ3v) is 2.73. The summed E-state index contributed by atoms with van der Waals surface area (Å²) in [4.78, 5) is 23.4. The third kappa shape index (κ3) is 2.32. The number of rotatable bonds is 2. The molecule has 0 aliphatic heterocycles. The van der Waals surface area contributed by atoms with E-state index >= 15 is 0 Å². The molecule has 0 saturated heterocycles. The second kappa shape index (κ2) is 4.87. The van der Waals surface area contributed by atoms with Gasteiger partial charge in [0, 0.05) is 20.3 Å². The minimum absolute atomic E-state index is 0.287. The Morgan fingerprint density at radius 1 is 1.00 bits per heavy atom. The minimum Gasteiger partial charge on any atom is -0.303 e. The van der Waals surface area contributed by atoms with Gasteiger partial charge in [0.2, 0.25) is 0 Å². The Morgan fingerprint density at radius 3 is 2.33 bits per heavy atom. The molecule has 0 unspecified atom stereocenters. The molecule has 0 N–H and O–H groups in total. The zero-order valence-corrected chi connectivity index (χ0v) is 10.3. The van der Waals surface area contributed by atoms with Gasteiger partial charge in [0.25, 0.3) is 5.56 Å². The predicted octanol–water partition coefficient (Wildman–Crippen LogP) is 1.25. The number of aromatic nitrogens is 2. The number of aryl methyl sites for hydroxylation is 1. The molecule has 0 fully saturated rings. The normalized spacial score (nSPS) is 11.0. The molecule has 0 aliphatic carbocycles. The Hall–Kier alpha value is -2.36. The lowest BCUT2D eigenvalue weighted by Crippen LogP contribution is -2.37. The first kappa shape index (κ1) is 12.1. The zero-order chi connectivity index (χ0) is 13.1. The van der Waals surface area contributed by atoms with Gasteiger partial charge in [-0.3, -0.25) is 9.36 Å². The minimum atomic E-state index is -0.322. The summed E-state index contributed by atoms with van der Waals surface area (Å²) in [6.07, 6.45) is 5.11. The Kier molecular flexibility index (Phi) is 3.28. The van der Waals surface area contributed by atoms with Crippen molar-refractivity contribution in [2.75, 3.05) is 0 Å². The van der Waals surface area contributed by atoms with Crippen LogP contribution in [0.4, 0.5) is 0 Å². The van der Waals surface area contributed by atoms with E-state index in [-0.39, 0.29) is 11.2 Å². The Morgan fingerprint density at radius 2 is 1.67 bits per heavy atom. The molecule has 4 heteroatoms. The van der Waals surface area contributed by atoms with Gasteiger partial charge in [-0.05, 0) is 11.6 Å². The van der Waals surface area contributed by atoms with Crippen LogP contribution < -0.4 is 11.2 Å². The highest BCUT2D eigenvalue weighted by molar-refractivity contribution is 5.68. The zero-order valence-electron chi connectivity index (χ0n) is 10.3. The molecular formula is C14H14N2O2. The van der Waals surface area contributed by atoms with Gasteiger partial charge in [-0.15, -0.1) is 0 Å². The molecule has 0 amide bonds. The van der Waals surface area contributed by atoms with Gasteiger partial charge in [0.1, 0.15) is 0 Å². The van der Waals surface area contributed by atoms with E-state index in [1.807, 2.05) is 36.4 Å². The van der Waals surface area contributed by atoms with Crippen LogP contribution in [0.15, 0.2) is 46.1 Å². The average molecular weight is 242 g/mol. The van der Waals surface area contributed by atoms with Gasteiger partial charge in [-0.2, -0.15) is 0 Å². The van der Waals surface area contributed by atoms with Crippen LogP contribution in [0.5, 0.6) is 0 Å². The molecule has 18 heavy (non-hydrogen) atoms. The van der Waals surface area contributed by atoms with Crippen LogP contribution in [0, 0.1) is 0 Å². The molecule has 0 atom stereocenters. The van der Waals surface area contributed by atoms with Crippen molar-refractivity contribution in [3.8, 4) is 0 Å². The molecular weight excluding hydrogens is 228 g/mol. The number of nitrogens with zero attached hydrogens (tertiary/aromatic N) is 2. The van der Waals surface area contributed by atoms with Crippen molar-refractivity contribution in [3.63, 3.8) is 0 Å². The van der Waals surface area contributed by atoms with Crippen LogP contribution in [0.3, 0.4) is 0 Å². The van der Waals surface area contributed by atoms with Crippen LogP contribution in [-0.4, -0.2) is 9.13 Å². The monoisotopic (exact) mass is 242 g/mol. The average Bonchev–Trinajstić information content (AvgIpc) is 2.40. The second-order valence-electron chi connectivity index (χ2n) is 4.09. The molecule has 2 rings (SSSR count). The van der Waals surface area contributed by atoms with Gasteiger partial charge < -0.3 is 4.57 Å². The fourth-order valence-electron chi connectivity index (χ4n) is 1.70. The first-order valence-electron chi connectivity index (χ1n) is 5.59. The molecule has 4 nitrogen and oxygen atoms in total. The van der Waals surface area contributed by atoms with Crippen molar-refractivity contribution < 1.29 is 0 Å². The summed E-state index contributed by atoms with van der Waals surface area (Å²) >= 11 is 0. The lowest BCUT2D eigenvalue weighted by Gasteiger charge is -2.03. The van der Waals surface area contributed by atoms with Gasteiger partial charge in [0.05, 0.1) is 5.56 Å². The number of hydrogen-bond acceptors (Lipinski definition) is 2. The van der Waals surface area contributed by atoms with Crippen molar-refractivity contribution in [1.82, 2.24) is 9.13 Å². The molecule has 0 radical (unpaired) electrons. The highest BCUT2D eigenvalue weighted by atomic mass is 16.2. The van der Waals surface area contributed by atoms with E-state index in [9.17, 15) is 9.59 Å². The quantitative estimate of drug-likeness (QED) is 0.795. The molecule has 0 spiro atoms. The van der Waals surface area contributed by atoms with E-state index in [1.54, 1.807) is 19.3 Å². The summed E-state index contributed by atoms with van der Waals surface area (Å²) < 4.78 is 2.50. The molecule has 0 saturated carbocycles. The smallest absolute Gasteiger partial charge is 0.303 e. The highest BCUT2D eigenvalue weighted by Gasteiger charge is 2.03. The molecule has 1 aromatic heterocycles. The van der Waals surface area contributed by atoms with Crippen molar-refractivity contribution >= 4 is 12.2 Å². The van der Waals surface area contributed by atoms with E-state index < -0.39 is 0 Å². The van der Waals surface area contributed by atoms with E-state index in [0.29, 0.717) is 5.56 Å². The lowest BCUT2D eigenvalue weighted by atomic mass is 10.2. The van der Waals surface area contributed by atoms with Crippen LogP contribution in [0.2, 0.25) is 0 Å². The Labute approximate surface area is 104 Å². The highest BCUT2D eigenvalue weighted by Crippen LogP contribution is 2.03. The van der Waals surface area contributed by atoms with Crippen LogP contribution >= 0.6 is 0 Å². The summed E-state index contributed by atoms with van der Waals surface area (Å²) in [5.41, 5.74) is 0.888. The van der Waals surface area contributed by atoms with Gasteiger partial charge in [-0.25, -0.2) is 4.79 Å². The number of benzene rings is 1. The second-order valence-corrected chi connectivity index (χ2v) is 4.09. The fourth-order valence-corrected chi connectivity index (χ4v) is 1.70. The maximum Gasteiger partial charge on any atom is 0.330 e. The van der Waals surface area contributed by atoms with Crippen LogP contribution in [0.1, 0.15) is 11.1 Å². The maximum absolute atomic E-state index is 11.9. The molecule has 0 aliphatic rings. The Bertz CT molecular complexity index is 694. The first-order valence-corrected chi connectivity index (χ1v) is 5.59. The summed E-state index contributed by atoms with van der Waals surface area (Å²) in [5, 5.41) is 0. The summed E-state index contributed by atoms with van der Waals surface area (Å²) in [7, 11) is 3.10. The Balaban J connectivity index is 2.45. The summed E-state index contributed by atoms with van der Waals surface area (Å²) in [6, 6.07) is 9.69. The maximum atomic E-state index is 11.9. The number of hydrogen-bond donors (Lipinski definition) is 0. The van der Waals surface area contributed by atoms with Gasteiger partial charge in [-0.1, -0.05) is 36.4 Å². The summed E-state index contributed by atoms with van der Waals surface area (Å²) in [5.74, 6) is 0. The van der Waals surface area contributed by atoms with Crippen LogP contribution in [-0.2, 0) is 14.1 Å². The standard InChI is InChI=1S/C14H14N2O2/c1-15-10-12(13(17)16(2)14(15)18)9-8-11-6-4-3-5-7-11/h3-10H,1-2H3. The SMILES string of the molecule is Cn1cc(C=Cc2ccccc2)c(=O)n(C)c1=O. The molecule has 92 valence electrons. The van der Waals surface area contributed by atoms with E-state index in [1.165, 1.54) is 11.6 Å². The van der Waals surface area contributed by atoms with E-state index in [0.717, 1.165) is 10.1 Å². The third-order valence-electron chi connectivity index (χ3n) is 2.73. The molecule has 0 bridgehead atoms. The van der Waals surface area contributed by atoms with Crippen molar-refractivity contribution in [1.29, 1.82) is 0 Å².